The molecule has 0 aliphatic rings. The topological polar surface area (TPSA) is 49.4 Å². The average Bonchev–Trinajstić information content (AvgIpc) is 2.92. The van der Waals surface area contributed by atoms with Gasteiger partial charge in [0.05, 0.1) is 5.02 Å². The number of hydrogen-bond donors (Lipinski definition) is 1. The van der Waals surface area contributed by atoms with Gasteiger partial charge < -0.3 is 4.90 Å². The van der Waals surface area contributed by atoms with Gasteiger partial charge in [0.1, 0.15) is 4.90 Å². The molecule has 2 aromatic rings. The van der Waals surface area contributed by atoms with Crippen LogP contribution in [0.25, 0.3) is 0 Å². The van der Waals surface area contributed by atoms with Gasteiger partial charge in [-0.25, -0.2) is 13.1 Å². The lowest BCUT2D eigenvalue weighted by Gasteiger charge is -2.24. The third kappa shape index (κ3) is 4.05. The molecule has 4 nitrogen and oxygen atoms in total. The van der Waals surface area contributed by atoms with Crippen LogP contribution in [0.1, 0.15) is 11.6 Å². The van der Waals surface area contributed by atoms with Crippen molar-refractivity contribution in [2.24, 2.45) is 0 Å². The molecule has 0 spiro atoms. The van der Waals surface area contributed by atoms with Gasteiger partial charge in [-0.05, 0) is 48.6 Å². The summed E-state index contributed by atoms with van der Waals surface area (Å²) in [4.78, 5) is 2.09. The first-order valence-corrected chi connectivity index (χ1v) is 9.15. The number of likely N-dealkylation sites (N-methyl/N-ethyl adjacent to an activating group) is 1. The highest BCUT2D eigenvalue weighted by Gasteiger charge is 2.21. The molecule has 0 amide bonds. The van der Waals surface area contributed by atoms with E-state index in [0.717, 1.165) is 5.56 Å². The molecule has 0 bridgehead atoms. The predicted octanol–water partition coefficient (Wildman–Crippen LogP) is 2.98. The third-order valence-electron chi connectivity index (χ3n) is 3.14. The lowest BCUT2D eigenvalue weighted by Crippen LogP contribution is -2.34. The first-order valence-electron chi connectivity index (χ1n) is 6.34. The van der Waals surface area contributed by atoms with Crippen molar-refractivity contribution in [2.75, 3.05) is 20.6 Å². The van der Waals surface area contributed by atoms with Gasteiger partial charge in [0.15, 0.2) is 0 Å². The average molecular weight is 345 g/mol. The van der Waals surface area contributed by atoms with Crippen LogP contribution in [0.2, 0.25) is 5.02 Å². The molecule has 1 heterocycles. The molecule has 1 atom stereocenters. The van der Waals surface area contributed by atoms with Crippen LogP contribution in [-0.4, -0.2) is 34.0 Å². The Hall–Kier alpha value is -0.920. The van der Waals surface area contributed by atoms with Crippen LogP contribution < -0.4 is 4.72 Å². The second-order valence-corrected chi connectivity index (χ2v) is 7.74. The molecule has 21 heavy (non-hydrogen) atoms. The Morgan fingerprint density at radius 1 is 1.29 bits per heavy atom. The van der Waals surface area contributed by atoms with Crippen LogP contribution in [0, 0.1) is 0 Å². The first-order chi connectivity index (χ1) is 9.92. The number of sulfonamides is 1. The van der Waals surface area contributed by atoms with Gasteiger partial charge in [0.25, 0.3) is 0 Å². The van der Waals surface area contributed by atoms with Gasteiger partial charge in [-0.15, -0.1) is 0 Å². The van der Waals surface area contributed by atoms with Crippen molar-refractivity contribution in [3.05, 3.63) is 51.7 Å². The normalized spacial score (nSPS) is 13.5. The van der Waals surface area contributed by atoms with E-state index in [9.17, 15) is 8.42 Å². The Balaban J connectivity index is 2.16. The van der Waals surface area contributed by atoms with Crippen molar-refractivity contribution in [3.8, 4) is 0 Å². The summed E-state index contributed by atoms with van der Waals surface area (Å²) < 4.78 is 27.3. The summed E-state index contributed by atoms with van der Waals surface area (Å²) in [6.45, 7) is 0.289. The van der Waals surface area contributed by atoms with E-state index < -0.39 is 10.0 Å². The number of thiophene rings is 1. The smallest absolute Gasteiger partial charge is 0.242 e. The maximum atomic E-state index is 12.3. The third-order valence-corrected chi connectivity index (χ3v) is 5.77. The minimum absolute atomic E-state index is 0.0199. The number of nitrogens with one attached hydrogen (secondary N) is 1. The van der Waals surface area contributed by atoms with Crippen LogP contribution in [0.5, 0.6) is 0 Å². The number of hydrogen-bond acceptors (Lipinski definition) is 4. The van der Waals surface area contributed by atoms with Crippen LogP contribution in [0.4, 0.5) is 0 Å². The molecule has 7 heteroatoms. The summed E-state index contributed by atoms with van der Waals surface area (Å²) in [5.74, 6) is 0. The Morgan fingerprint density at radius 3 is 2.57 bits per heavy atom. The largest absolute Gasteiger partial charge is 0.301 e. The summed E-state index contributed by atoms with van der Waals surface area (Å²) in [5.41, 5.74) is 1.09. The summed E-state index contributed by atoms with van der Waals surface area (Å²) in [7, 11) is 0.230. The fourth-order valence-corrected chi connectivity index (χ4v) is 4.25. The molecule has 0 aliphatic carbocycles. The van der Waals surface area contributed by atoms with Gasteiger partial charge in [-0.3, -0.25) is 0 Å². The molecule has 0 saturated carbocycles. The van der Waals surface area contributed by atoms with Crippen LogP contribution >= 0.6 is 22.9 Å². The summed E-state index contributed by atoms with van der Waals surface area (Å²) in [6, 6.07) is 8.41. The van der Waals surface area contributed by atoms with E-state index in [0.29, 0.717) is 0 Å². The van der Waals surface area contributed by atoms with E-state index in [2.05, 4.69) is 4.72 Å². The molecule has 0 fully saturated rings. The zero-order valence-corrected chi connectivity index (χ0v) is 14.2. The van der Waals surface area contributed by atoms with E-state index in [1.807, 2.05) is 35.8 Å². The Labute approximate surface area is 134 Å². The molecular formula is C14H17ClN2O2S2. The zero-order valence-electron chi connectivity index (χ0n) is 11.8. The number of nitrogens with zero attached hydrogens (tertiary/aromatic N) is 1. The fourth-order valence-electron chi connectivity index (χ4n) is 1.99. The molecule has 0 saturated heterocycles. The first kappa shape index (κ1) is 16.5. The summed E-state index contributed by atoms with van der Waals surface area (Å²) >= 11 is 7.55. The lowest BCUT2D eigenvalue weighted by atomic mass is 10.1. The van der Waals surface area contributed by atoms with E-state index in [1.165, 1.54) is 6.07 Å². The molecule has 1 N–H and O–H groups in total. The molecule has 0 radical (unpaired) electrons. The van der Waals surface area contributed by atoms with Crippen molar-refractivity contribution >= 4 is 33.0 Å². The molecule has 1 aromatic heterocycles. The molecule has 0 aliphatic heterocycles. The SMILES string of the molecule is CN(C)[C@@H](CNS(=O)(=O)c1ccccc1Cl)c1ccsc1. The quantitative estimate of drug-likeness (QED) is 0.876. The van der Waals surface area contributed by atoms with Gasteiger partial charge in [-0.1, -0.05) is 23.7 Å². The minimum atomic E-state index is -3.62. The predicted molar refractivity (Wildman–Crippen MR) is 87.4 cm³/mol. The van der Waals surface area contributed by atoms with E-state index in [4.69, 9.17) is 11.6 Å². The number of rotatable bonds is 6. The van der Waals surface area contributed by atoms with Crippen molar-refractivity contribution in [1.29, 1.82) is 0 Å². The van der Waals surface area contributed by atoms with Crippen molar-refractivity contribution < 1.29 is 8.42 Å². The lowest BCUT2D eigenvalue weighted by molar-refractivity contribution is 0.300. The molecule has 2 rings (SSSR count). The fraction of sp³-hybridized carbons (Fsp3) is 0.286. The highest BCUT2D eigenvalue weighted by atomic mass is 35.5. The second kappa shape index (κ2) is 6.89. The standard InChI is InChI=1S/C14H17ClN2O2S2/c1-17(2)13(11-7-8-20-10-11)9-16-21(18,19)14-6-4-3-5-12(14)15/h3-8,10,13,16H,9H2,1-2H3/t13-/m0/s1. The number of benzene rings is 1. The van der Waals surface area contributed by atoms with Crippen molar-refractivity contribution in [1.82, 2.24) is 9.62 Å². The highest BCUT2D eigenvalue weighted by Crippen LogP contribution is 2.23. The molecule has 1 aromatic carbocycles. The minimum Gasteiger partial charge on any atom is -0.301 e. The van der Waals surface area contributed by atoms with Crippen molar-refractivity contribution in [3.63, 3.8) is 0 Å². The van der Waals surface area contributed by atoms with Gasteiger partial charge in [-0.2, -0.15) is 11.3 Å². The van der Waals surface area contributed by atoms with E-state index >= 15 is 0 Å². The Bertz CT molecular complexity index is 685. The summed E-state index contributed by atoms with van der Waals surface area (Å²) in [6.07, 6.45) is 0. The Kier molecular flexibility index (Phi) is 5.40. The summed E-state index contributed by atoms with van der Waals surface area (Å²) in [5, 5.41) is 4.23. The molecular weight excluding hydrogens is 328 g/mol. The molecule has 0 unspecified atom stereocenters. The maximum absolute atomic E-state index is 12.3. The van der Waals surface area contributed by atoms with E-state index in [1.54, 1.807) is 29.5 Å². The monoisotopic (exact) mass is 344 g/mol. The van der Waals surface area contributed by atoms with Gasteiger partial charge in [0, 0.05) is 12.6 Å². The Morgan fingerprint density at radius 2 is 2.00 bits per heavy atom. The highest BCUT2D eigenvalue weighted by molar-refractivity contribution is 7.89. The van der Waals surface area contributed by atoms with Crippen LogP contribution in [-0.2, 0) is 10.0 Å². The van der Waals surface area contributed by atoms with Crippen molar-refractivity contribution in [2.45, 2.75) is 10.9 Å². The van der Waals surface area contributed by atoms with Gasteiger partial charge in [0.2, 0.25) is 10.0 Å². The van der Waals surface area contributed by atoms with Gasteiger partial charge >= 0.3 is 0 Å². The second-order valence-electron chi connectivity index (χ2n) is 4.82. The zero-order chi connectivity index (χ0) is 15.5. The van der Waals surface area contributed by atoms with E-state index in [-0.39, 0.29) is 22.5 Å². The van der Waals surface area contributed by atoms with Crippen LogP contribution in [0.15, 0.2) is 46.0 Å². The molecule has 114 valence electrons. The number of halogens is 1. The van der Waals surface area contributed by atoms with Crippen LogP contribution in [0.3, 0.4) is 0 Å². The maximum Gasteiger partial charge on any atom is 0.242 e.